The number of hydrogen-bond acceptors (Lipinski definition) is 6. The van der Waals surface area contributed by atoms with E-state index < -0.39 is 22.8 Å². The minimum atomic E-state index is -2.32. The molecule has 3 saturated heterocycles. The van der Waals surface area contributed by atoms with E-state index in [0.29, 0.717) is 34.7 Å². The maximum absolute atomic E-state index is 15.0. The summed E-state index contributed by atoms with van der Waals surface area (Å²) < 4.78 is 39.6. The molecule has 0 aromatic heterocycles. The number of carbonyl (C=O) groups is 2. The summed E-state index contributed by atoms with van der Waals surface area (Å²) in [4.78, 5) is 27.8. The third-order valence-electron chi connectivity index (χ3n) is 7.61. The van der Waals surface area contributed by atoms with Crippen LogP contribution in [0.1, 0.15) is 32.1 Å². The van der Waals surface area contributed by atoms with Crippen molar-refractivity contribution >= 4 is 34.0 Å². The lowest BCUT2D eigenvalue weighted by Gasteiger charge is -2.51. The fourth-order valence-electron chi connectivity index (χ4n) is 5.31. The standard InChI is InChI=1S/C23H32FN3O5S/c24-20-10-18(27-12-19(32-23(27)29)11-25-22(28)16-2-1-3-16)4-5-21(20)26-8-6-15(7-9-26)17-13-33(30,31)14-17/h4-5,10,15-17,19,30-31H,1-3,6-9,11-14H2,(H,25,28). The van der Waals surface area contributed by atoms with Gasteiger partial charge in [-0.05, 0) is 55.7 Å². The van der Waals surface area contributed by atoms with Gasteiger partial charge in [0.1, 0.15) is 11.9 Å². The number of amides is 2. The van der Waals surface area contributed by atoms with Crippen molar-refractivity contribution in [3.8, 4) is 0 Å². The molecule has 8 nitrogen and oxygen atoms in total. The SMILES string of the molecule is O=C(NCC1CN(c2ccc(N3CCC(C4CS(O)(O)C4)CC3)c(F)c2)C(=O)O1)C1CCC1. The van der Waals surface area contributed by atoms with Crippen LogP contribution < -0.4 is 15.1 Å². The first kappa shape index (κ1) is 22.7. The Kier molecular flexibility index (Phi) is 6.17. The second-order valence-electron chi connectivity index (χ2n) is 9.85. The van der Waals surface area contributed by atoms with E-state index in [4.69, 9.17) is 4.74 Å². The molecule has 1 aliphatic carbocycles. The third kappa shape index (κ3) is 4.79. The maximum Gasteiger partial charge on any atom is 0.414 e. The van der Waals surface area contributed by atoms with E-state index in [0.717, 1.165) is 45.2 Å². The van der Waals surface area contributed by atoms with E-state index in [9.17, 15) is 23.1 Å². The number of piperidine rings is 1. The van der Waals surface area contributed by atoms with Crippen molar-refractivity contribution in [2.75, 3.05) is 47.5 Å². The molecule has 0 radical (unpaired) electrons. The van der Waals surface area contributed by atoms with Crippen LogP contribution in [0.3, 0.4) is 0 Å². The van der Waals surface area contributed by atoms with Crippen LogP contribution in [-0.2, 0) is 9.53 Å². The van der Waals surface area contributed by atoms with Gasteiger partial charge >= 0.3 is 6.09 Å². The Morgan fingerprint density at radius 2 is 1.88 bits per heavy atom. The predicted octanol–water partition coefficient (Wildman–Crippen LogP) is 3.66. The zero-order valence-electron chi connectivity index (χ0n) is 18.6. The zero-order chi connectivity index (χ0) is 23.2. The Balaban J connectivity index is 1.14. The number of halogens is 1. The Morgan fingerprint density at radius 3 is 2.48 bits per heavy atom. The number of nitrogens with zero attached hydrogens (tertiary/aromatic N) is 2. The Morgan fingerprint density at radius 1 is 1.15 bits per heavy atom. The van der Waals surface area contributed by atoms with Gasteiger partial charge in [-0.15, -0.1) is 0 Å². The molecule has 1 unspecified atom stereocenters. The summed E-state index contributed by atoms with van der Waals surface area (Å²) in [7, 11) is -2.32. The van der Waals surface area contributed by atoms with Gasteiger partial charge < -0.3 is 15.0 Å². The number of hydrogen-bond donors (Lipinski definition) is 3. The first-order chi connectivity index (χ1) is 15.8. The topological polar surface area (TPSA) is 102 Å². The molecule has 5 rings (SSSR count). The van der Waals surface area contributed by atoms with Gasteiger partial charge in [0, 0.05) is 30.5 Å². The molecule has 33 heavy (non-hydrogen) atoms. The van der Waals surface area contributed by atoms with Crippen molar-refractivity contribution in [1.29, 1.82) is 0 Å². The van der Waals surface area contributed by atoms with Crippen LogP contribution in [0, 0.1) is 23.6 Å². The molecular weight excluding hydrogens is 449 g/mol. The molecule has 0 spiro atoms. The molecule has 0 bridgehead atoms. The molecule has 1 saturated carbocycles. The van der Waals surface area contributed by atoms with Crippen LogP contribution in [0.4, 0.5) is 20.6 Å². The summed E-state index contributed by atoms with van der Waals surface area (Å²) in [5, 5.41) is 2.86. The van der Waals surface area contributed by atoms with Crippen molar-refractivity contribution in [1.82, 2.24) is 5.32 Å². The average Bonchev–Trinajstić information content (AvgIpc) is 3.10. The number of carbonyl (C=O) groups excluding carboxylic acids is 2. The second kappa shape index (κ2) is 8.96. The molecule has 1 aromatic rings. The largest absolute Gasteiger partial charge is 0.442 e. The molecule has 10 heteroatoms. The normalized spacial score (nSPS) is 27.0. The lowest BCUT2D eigenvalue weighted by Crippen LogP contribution is -2.43. The average molecular weight is 482 g/mol. The summed E-state index contributed by atoms with van der Waals surface area (Å²) in [5.74, 6) is 1.58. The van der Waals surface area contributed by atoms with Crippen LogP contribution >= 0.6 is 10.6 Å². The zero-order valence-corrected chi connectivity index (χ0v) is 19.4. The van der Waals surface area contributed by atoms with Gasteiger partial charge in [-0.2, -0.15) is 10.6 Å². The molecule has 1 atom stereocenters. The smallest absolute Gasteiger partial charge is 0.414 e. The van der Waals surface area contributed by atoms with Crippen molar-refractivity contribution in [3.63, 3.8) is 0 Å². The van der Waals surface area contributed by atoms with Gasteiger partial charge in [0.15, 0.2) is 0 Å². The fraction of sp³-hybridized carbons (Fsp3) is 0.652. The van der Waals surface area contributed by atoms with Gasteiger partial charge in [0.05, 0.1) is 24.5 Å². The number of ether oxygens (including phenoxy) is 1. The molecule has 4 fully saturated rings. The first-order valence-corrected chi connectivity index (χ1v) is 13.7. The number of nitrogens with one attached hydrogen (secondary N) is 1. The molecule has 1 aromatic carbocycles. The van der Waals surface area contributed by atoms with E-state index in [2.05, 4.69) is 5.32 Å². The van der Waals surface area contributed by atoms with Crippen molar-refractivity contribution < 1.29 is 27.8 Å². The van der Waals surface area contributed by atoms with Gasteiger partial charge in [-0.3, -0.25) is 18.8 Å². The summed E-state index contributed by atoms with van der Waals surface area (Å²) >= 11 is 0. The molecule has 2 amide bonds. The summed E-state index contributed by atoms with van der Waals surface area (Å²) in [6.07, 6.45) is 3.76. The molecule has 3 heterocycles. The minimum absolute atomic E-state index is 0.0144. The molecule has 3 N–H and O–H groups in total. The number of rotatable bonds is 6. The van der Waals surface area contributed by atoms with E-state index in [-0.39, 0.29) is 30.7 Å². The minimum Gasteiger partial charge on any atom is -0.442 e. The summed E-state index contributed by atoms with van der Waals surface area (Å²) in [6.45, 7) is 1.99. The van der Waals surface area contributed by atoms with E-state index >= 15 is 0 Å². The van der Waals surface area contributed by atoms with Crippen LogP contribution in [0.15, 0.2) is 18.2 Å². The molecule has 182 valence electrons. The van der Waals surface area contributed by atoms with Crippen LogP contribution in [0.2, 0.25) is 0 Å². The van der Waals surface area contributed by atoms with Gasteiger partial charge in [-0.1, -0.05) is 6.42 Å². The molecular formula is C23H32FN3O5S. The molecule has 4 aliphatic rings. The number of benzene rings is 1. The van der Waals surface area contributed by atoms with Crippen molar-refractivity contribution in [3.05, 3.63) is 24.0 Å². The fourth-order valence-corrected chi connectivity index (χ4v) is 7.13. The number of anilines is 2. The van der Waals surface area contributed by atoms with Gasteiger partial charge in [0.25, 0.3) is 0 Å². The monoisotopic (exact) mass is 481 g/mol. The van der Waals surface area contributed by atoms with Crippen molar-refractivity contribution in [2.45, 2.75) is 38.2 Å². The second-order valence-corrected chi connectivity index (χ2v) is 12.1. The lowest BCUT2D eigenvalue weighted by molar-refractivity contribution is -0.127. The first-order valence-electron chi connectivity index (χ1n) is 11.8. The predicted molar refractivity (Wildman–Crippen MR) is 125 cm³/mol. The molecule has 3 aliphatic heterocycles. The highest BCUT2D eigenvalue weighted by atomic mass is 32.3. The van der Waals surface area contributed by atoms with E-state index in [1.54, 1.807) is 12.1 Å². The Labute approximate surface area is 194 Å². The van der Waals surface area contributed by atoms with Gasteiger partial charge in [-0.25, -0.2) is 9.18 Å². The summed E-state index contributed by atoms with van der Waals surface area (Å²) in [6, 6.07) is 4.82. The van der Waals surface area contributed by atoms with Gasteiger partial charge in [0.2, 0.25) is 5.91 Å². The quantitative estimate of drug-likeness (QED) is 0.573. The highest BCUT2D eigenvalue weighted by Gasteiger charge is 2.40. The van der Waals surface area contributed by atoms with E-state index in [1.165, 1.54) is 11.0 Å². The highest BCUT2D eigenvalue weighted by molar-refractivity contribution is 8.25. The lowest BCUT2D eigenvalue weighted by atomic mass is 9.85. The Bertz CT molecular complexity index is 911. The third-order valence-corrected chi connectivity index (χ3v) is 9.53. The summed E-state index contributed by atoms with van der Waals surface area (Å²) in [5.41, 5.74) is 0.968. The highest BCUT2D eigenvalue weighted by Crippen LogP contribution is 2.55. The van der Waals surface area contributed by atoms with Crippen LogP contribution in [0.5, 0.6) is 0 Å². The van der Waals surface area contributed by atoms with E-state index in [1.807, 2.05) is 4.90 Å². The van der Waals surface area contributed by atoms with Crippen LogP contribution in [0.25, 0.3) is 0 Å². The Hall–Kier alpha value is -2.04. The maximum atomic E-state index is 15.0. The van der Waals surface area contributed by atoms with Crippen LogP contribution in [-0.4, -0.2) is 64.9 Å². The number of cyclic esters (lactones) is 1. The van der Waals surface area contributed by atoms with Crippen molar-refractivity contribution in [2.24, 2.45) is 17.8 Å².